The molecule has 86 valence electrons. The summed E-state index contributed by atoms with van der Waals surface area (Å²) in [6.45, 7) is 9.37. The number of methoxy groups -OCH3 is 1. The van der Waals surface area contributed by atoms with Crippen LogP contribution in [0, 0.1) is 0 Å². The molecule has 0 amide bonds. The van der Waals surface area contributed by atoms with Gasteiger partial charge in [-0.1, -0.05) is 26.0 Å². The van der Waals surface area contributed by atoms with Gasteiger partial charge in [0.25, 0.3) is 0 Å². The minimum atomic E-state index is 0.627. The highest BCUT2D eigenvalue weighted by atomic mass is 79.9. The van der Waals surface area contributed by atoms with Gasteiger partial charge in [-0.3, -0.25) is 4.68 Å². The van der Waals surface area contributed by atoms with Gasteiger partial charge in [-0.2, -0.15) is 5.10 Å². The number of hydrogen-bond acceptors (Lipinski definition) is 2. The van der Waals surface area contributed by atoms with Crippen molar-refractivity contribution in [1.82, 2.24) is 9.78 Å². The lowest BCUT2D eigenvalue weighted by Crippen LogP contribution is -2.01. The molecule has 0 saturated heterocycles. The first-order chi connectivity index (χ1) is 7.22. The summed E-state index contributed by atoms with van der Waals surface area (Å²) >= 11 is 3.34. The number of rotatable bonds is 5. The molecule has 1 aromatic rings. The summed E-state index contributed by atoms with van der Waals surface area (Å²) in [6, 6.07) is 0. The molecule has 0 radical (unpaired) electrons. The molecule has 0 aliphatic carbocycles. The maximum atomic E-state index is 4.96. The second kappa shape index (κ2) is 8.68. The average molecular weight is 275 g/mol. The van der Waals surface area contributed by atoms with Gasteiger partial charge in [0.15, 0.2) is 0 Å². The summed E-state index contributed by atoms with van der Waals surface area (Å²) in [5.74, 6) is 0. The molecule has 0 atom stereocenters. The highest BCUT2D eigenvalue weighted by molar-refractivity contribution is 9.10. The van der Waals surface area contributed by atoms with Crippen molar-refractivity contribution in [2.75, 3.05) is 13.7 Å². The minimum absolute atomic E-state index is 0.627. The molecule has 1 aromatic heterocycles. The number of hydrogen-bond donors (Lipinski definition) is 0. The number of aromatic nitrogens is 2. The Morgan fingerprint density at radius 2 is 2.27 bits per heavy atom. The van der Waals surface area contributed by atoms with Crippen LogP contribution in [0.5, 0.6) is 0 Å². The van der Waals surface area contributed by atoms with Gasteiger partial charge >= 0.3 is 0 Å². The van der Waals surface area contributed by atoms with E-state index in [0.717, 1.165) is 23.0 Å². The molecule has 0 bridgehead atoms. The van der Waals surface area contributed by atoms with E-state index in [2.05, 4.69) is 27.6 Å². The molecule has 0 saturated carbocycles. The predicted molar refractivity (Wildman–Crippen MR) is 66.9 cm³/mol. The smallest absolute Gasteiger partial charge is 0.0671 e. The van der Waals surface area contributed by atoms with E-state index >= 15 is 0 Å². The normalized spacial score (nSPS) is 9.33. The molecule has 4 heteroatoms. The third kappa shape index (κ3) is 6.47. The van der Waals surface area contributed by atoms with Gasteiger partial charge in [0.1, 0.15) is 0 Å². The van der Waals surface area contributed by atoms with Crippen LogP contribution in [0.4, 0.5) is 0 Å². The average Bonchev–Trinajstić information content (AvgIpc) is 2.65. The first-order valence-corrected chi connectivity index (χ1v) is 5.85. The molecule has 0 fully saturated rings. The molecule has 0 aromatic carbocycles. The molecule has 15 heavy (non-hydrogen) atoms. The van der Waals surface area contributed by atoms with Crippen LogP contribution in [0.15, 0.2) is 29.0 Å². The lowest BCUT2D eigenvalue weighted by atomic mass is 10.2. The Kier molecular flexibility index (Phi) is 8.33. The van der Waals surface area contributed by atoms with Crippen molar-refractivity contribution >= 4 is 15.9 Å². The summed E-state index contributed by atoms with van der Waals surface area (Å²) in [4.78, 5) is 0. The zero-order valence-electron chi connectivity index (χ0n) is 9.66. The fourth-order valence-electron chi connectivity index (χ4n) is 1.01. The van der Waals surface area contributed by atoms with Crippen LogP contribution in [0.25, 0.3) is 0 Å². The third-order valence-corrected chi connectivity index (χ3v) is 2.05. The van der Waals surface area contributed by atoms with E-state index in [1.807, 2.05) is 24.7 Å². The van der Waals surface area contributed by atoms with Gasteiger partial charge in [0.2, 0.25) is 0 Å². The highest BCUT2D eigenvalue weighted by Crippen LogP contribution is 2.08. The summed E-state index contributed by atoms with van der Waals surface area (Å²) in [5, 5.41) is 4.14. The van der Waals surface area contributed by atoms with E-state index in [4.69, 9.17) is 4.74 Å². The van der Waals surface area contributed by atoms with Crippen molar-refractivity contribution in [3.05, 3.63) is 29.0 Å². The maximum absolute atomic E-state index is 4.96. The van der Waals surface area contributed by atoms with E-state index in [1.165, 1.54) is 0 Å². The van der Waals surface area contributed by atoms with Gasteiger partial charge in [0, 0.05) is 19.9 Å². The van der Waals surface area contributed by atoms with Gasteiger partial charge in [-0.05, 0) is 22.4 Å². The highest BCUT2D eigenvalue weighted by Gasteiger charge is 1.97. The number of ether oxygens (including phenoxy) is 1. The van der Waals surface area contributed by atoms with Crippen molar-refractivity contribution in [2.24, 2.45) is 0 Å². The van der Waals surface area contributed by atoms with Crippen LogP contribution >= 0.6 is 15.9 Å². The van der Waals surface area contributed by atoms with E-state index < -0.39 is 0 Å². The van der Waals surface area contributed by atoms with Crippen molar-refractivity contribution in [2.45, 2.75) is 26.8 Å². The lowest BCUT2D eigenvalue weighted by molar-refractivity contribution is 0.222. The third-order valence-electron chi connectivity index (χ3n) is 1.64. The van der Waals surface area contributed by atoms with Gasteiger partial charge in [-0.15, -0.1) is 0 Å². The summed E-state index contributed by atoms with van der Waals surface area (Å²) in [6.07, 6.45) is 4.63. The van der Waals surface area contributed by atoms with Crippen LogP contribution in [-0.2, 0) is 11.3 Å². The Balaban J connectivity index is 0.000000921. The second-order valence-corrected chi connectivity index (χ2v) is 3.77. The minimum Gasteiger partial charge on any atom is -0.380 e. The first-order valence-electron chi connectivity index (χ1n) is 5.06. The molecule has 0 N–H and O–H groups in total. The van der Waals surface area contributed by atoms with Crippen LogP contribution in [0.1, 0.15) is 20.3 Å². The van der Waals surface area contributed by atoms with Crippen molar-refractivity contribution < 1.29 is 4.74 Å². The Hall–Kier alpha value is -0.610. The van der Waals surface area contributed by atoms with Crippen LogP contribution in [0.2, 0.25) is 0 Å². The van der Waals surface area contributed by atoms with Crippen LogP contribution < -0.4 is 0 Å². The zero-order valence-corrected chi connectivity index (χ0v) is 11.2. The van der Waals surface area contributed by atoms with E-state index in [0.29, 0.717) is 6.61 Å². The Morgan fingerprint density at radius 1 is 1.60 bits per heavy atom. The summed E-state index contributed by atoms with van der Waals surface area (Å²) < 4.78 is 7.84. The maximum Gasteiger partial charge on any atom is 0.0671 e. The lowest BCUT2D eigenvalue weighted by Gasteiger charge is -2.03. The summed E-state index contributed by atoms with van der Waals surface area (Å²) in [5.41, 5.74) is 1.09. The van der Waals surface area contributed by atoms with E-state index in [-0.39, 0.29) is 0 Å². The fourth-order valence-corrected chi connectivity index (χ4v) is 1.34. The Labute approximate surface area is 100 Å². The van der Waals surface area contributed by atoms with Gasteiger partial charge < -0.3 is 4.74 Å². The molecule has 1 heterocycles. The molecular formula is C11H19BrN2O. The largest absolute Gasteiger partial charge is 0.380 e. The predicted octanol–water partition coefficient (Wildman–Crippen LogP) is 3.26. The molecular weight excluding hydrogens is 256 g/mol. The zero-order chi connectivity index (χ0) is 11.7. The SMILES string of the molecule is C=C(CCn1cc(Br)cn1)COC.CC. The van der Waals surface area contributed by atoms with Crippen LogP contribution in [-0.4, -0.2) is 23.5 Å². The Morgan fingerprint density at radius 3 is 2.73 bits per heavy atom. The standard InChI is InChI=1S/C9H13BrN2O.C2H6/c1-8(7-13-2)3-4-12-6-9(10)5-11-12;1-2/h5-6H,1,3-4,7H2,2H3;1-2H3. The summed E-state index contributed by atoms with van der Waals surface area (Å²) in [7, 11) is 1.68. The number of halogens is 1. The molecule has 0 unspecified atom stereocenters. The van der Waals surface area contributed by atoms with Gasteiger partial charge in [0.05, 0.1) is 17.3 Å². The van der Waals surface area contributed by atoms with Crippen molar-refractivity contribution in [1.29, 1.82) is 0 Å². The fraction of sp³-hybridized carbons (Fsp3) is 0.545. The second-order valence-electron chi connectivity index (χ2n) is 2.85. The topological polar surface area (TPSA) is 27.1 Å². The molecule has 0 aliphatic rings. The Bertz CT molecular complexity index is 284. The monoisotopic (exact) mass is 274 g/mol. The van der Waals surface area contributed by atoms with Gasteiger partial charge in [-0.25, -0.2) is 0 Å². The number of aryl methyl sites for hydroxylation is 1. The van der Waals surface area contributed by atoms with E-state index in [9.17, 15) is 0 Å². The first kappa shape index (κ1) is 14.4. The molecule has 1 rings (SSSR count). The van der Waals surface area contributed by atoms with E-state index in [1.54, 1.807) is 13.3 Å². The number of nitrogens with zero attached hydrogens (tertiary/aromatic N) is 2. The van der Waals surface area contributed by atoms with Crippen molar-refractivity contribution in [3.8, 4) is 0 Å². The quantitative estimate of drug-likeness (QED) is 0.771. The van der Waals surface area contributed by atoms with Crippen molar-refractivity contribution in [3.63, 3.8) is 0 Å². The molecule has 3 nitrogen and oxygen atoms in total. The molecule has 0 spiro atoms. The molecule has 0 aliphatic heterocycles. The van der Waals surface area contributed by atoms with Crippen LogP contribution in [0.3, 0.4) is 0 Å².